The summed E-state index contributed by atoms with van der Waals surface area (Å²) in [4.78, 5) is 0. The fourth-order valence-electron chi connectivity index (χ4n) is 3.32. The van der Waals surface area contributed by atoms with E-state index in [2.05, 4.69) is 77.4 Å². The highest BCUT2D eigenvalue weighted by molar-refractivity contribution is 6.98. The van der Waals surface area contributed by atoms with Gasteiger partial charge in [-0.1, -0.05) is 55.7 Å². The predicted molar refractivity (Wildman–Crippen MR) is 109 cm³/mol. The molecule has 0 aliphatic heterocycles. The van der Waals surface area contributed by atoms with Gasteiger partial charge in [-0.15, -0.1) is 0 Å². The molecule has 0 aliphatic carbocycles. The molecule has 3 rings (SSSR count). The lowest BCUT2D eigenvalue weighted by atomic mass is 10.1. The van der Waals surface area contributed by atoms with Crippen LogP contribution < -0.4 is 10.4 Å². The minimum absolute atomic E-state index is 1.03. The molecule has 0 N–H and O–H groups in total. The maximum Gasteiger partial charge on any atom is 0.135 e. The Kier molecular flexibility index (Phi) is 3.65. The first-order valence-electron chi connectivity index (χ1n) is 8.47. The van der Waals surface area contributed by atoms with Crippen molar-refractivity contribution >= 4 is 48.5 Å². The zero-order chi connectivity index (χ0) is 17.2. The fourth-order valence-corrected chi connectivity index (χ4v) is 8.47. The van der Waals surface area contributed by atoms with Crippen molar-refractivity contribution in [3.63, 3.8) is 0 Å². The molecule has 122 valence electrons. The van der Waals surface area contributed by atoms with Crippen molar-refractivity contribution in [3.8, 4) is 0 Å². The van der Waals surface area contributed by atoms with Crippen molar-refractivity contribution in [1.29, 1.82) is 0 Å². The molecular formula is C20H28OSi2. The largest absolute Gasteiger partial charge is 0.456 e. The Bertz CT molecular complexity index is 905. The van der Waals surface area contributed by atoms with Gasteiger partial charge in [0.1, 0.15) is 11.2 Å². The van der Waals surface area contributed by atoms with Crippen molar-refractivity contribution in [2.45, 2.75) is 53.1 Å². The van der Waals surface area contributed by atoms with Crippen LogP contribution in [0.1, 0.15) is 11.1 Å². The number of aryl methyl sites for hydroxylation is 2. The van der Waals surface area contributed by atoms with Crippen LogP contribution in [-0.4, -0.2) is 16.1 Å². The molecule has 0 bridgehead atoms. The average molecular weight is 341 g/mol. The minimum atomic E-state index is -1.40. The molecule has 1 nitrogen and oxygen atoms in total. The van der Waals surface area contributed by atoms with Crippen LogP contribution >= 0.6 is 0 Å². The highest BCUT2D eigenvalue weighted by Crippen LogP contribution is 2.30. The van der Waals surface area contributed by atoms with Gasteiger partial charge in [0.15, 0.2) is 0 Å². The van der Waals surface area contributed by atoms with E-state index in [1.165, 1.54) is 21.9 Å². The molecule has 0 saturated carbocycles. The summed E-state index contributed by atoms with van der Waals surface area (Å²) in [5, 5.41) is 5.76. The van der Waals surface area contributed by atoms with Crippen LogP contribution in [0.4, 0.5) is 0 Å². The summed E-state index contributed by atoms with van der Waals surface area (Å²) in [7, 11) is -2.80. The summed E-state index contributed by atoms with van der Waals surface area (Å²) in [6, 6.07) is 9.29. The van der Waals surface area contributed by atoms with Crippen LogP contribution in [0.2, 0.25) is 39.3 Å². The number of fused-ring (bicyclic) bond motifs is 3. The van der Waals surface area contributed by atoms with E-state index in [9.17, 15) is 0 Å². The molecule has 0 unspecified atom stereocenters. The molecule has 1 aromatic heterocycles. The quantitative estimate of drug-likeness (QED) is 0.577. The molecule has 3 heteroatoms. The molecule has 0 saturated heterocycles. The monoisotopic (exact) mass is 340 g/mol. The van der Waals surface area contributed by atoms with Gasteiger partial charge in [-0.3, -0.25) is 0 Å². The smallest absolute Gasteiger partial charge is 0.135 e. The van der Waals surface area contributed by atoms with E-state index >= 15 is 0 Å². The number of hydrogen-bond donors (Lipinski definition) is 0. The molecule has 23 heavy (non-hydrogen) atoms. The van der Waals surface area contributed by atoms with E-state index < -0.39 is 16.1 Å². The molecule has 0 fully saturated rings. The van der Waals surface area contributed by atoms with Gasteiger partial charge in [-0.25, -0.2) is 0 Å². The fraction of sp³-hybridized carbons (Fsp3) is 0.400. The summed E-state index contributed by atoms with van der Waals surface area (Å²) in [6.07, 6.45) is 0. The summed E-state index contributed by atoms with van der Waals surface area (Å²) in [5.74, 6) is 0. The van der Waals surface area contributed by atoms with E-state index in [-0.39, 0.29) is 0 Å². The van der Waals surface area contributed by atoms with Gasteiger partial charge in [0.05, 0.1) is 16.1 Å². The lowest BCUT2D eigenvalue weighted by Crippen LogP contribution is -2.56. The van der Waals surface area contributed by atoms with Crippen molar-refractivity contribution in [3.05, 3.63) is 35.4 Å². The summed E-state index contributed by atoms with van der Waals surface area (Å²) >= 11 is 0. The number of benzene rings is 2. The SMILES string of the molecule is Cc1cc2oc3cc([Si](C)(C)C)c([Si](C)(C)C)cc3c2cc1C. The molecule has 3 aromatic rings. The molecule has 0 atom stereocenters. The summed E-state index contributed by atoms with van der Waals surface area (Å²) < 4.78 is 6.23. The Morgan fingerprint density at radius 3 is 1.61 bits per heavy atom. The van der Waals surface area contributed by atoms with Crippen LogP contribution in [0.15, 0.2) is 28.7 Å². The molecule has 0 amide bonds. The zero-order valence-corrected chi connectivity index (χ0v) is 17.7. The zero-order valence-electron chi connectivity index (χ0n) is 15.7. The van der Waals surface area contributed by atoms with Crippen LogP contribution in [0.3, 0.4) is 0 Å². The number of rotatable bonds is 2. The Morgan fingerprint density at radius 2 is 1.04 bits per heavy atom. The average Bonchev–Trinajstić information content (AvgIpc) is 2.73. The summed E-state index contributed by atoms with van der Waals surface area (Å²) in [5.41, 5.74) is 4.72. The predicted octanol–water partition coefficient (Wildman–Crippen LogP) is 5.29. The minimum Gasteiger partial charge on any atom is -0.456 e. The van der Waals surface area contributed by atoms with E-state index in [1.807, 2.05) is 0 Å². The Labute approximate surface area is 141 Å². The van der Waals surface area contributed by atoms with Crippen molar-refractivity contribution in [1.82, 2.24) is 0 Å². The second-order valence-electron chi connectivity index (χ2n) is 8.93. The Morgan fingerprint density at radius 1 is 0.609 bits per heavy atom. The third-order valence-corrected chi connectivity index (χ3v) is 9.15. The van der Waals surface area contributed by atoms with Gasteiger partial charge < -0.3 is 4.42 Å². The second kappa shape index (κ2) is 5.08. The third kappa shape index (κ3) is 2.81. The van der Waals surface area contributed by atoms with E-state index in [0.29, 0.717) is 0 Å². The van der Waals surface area contributed by atoms with Crippen molar-refractivity contribution in [2.24, 2.45) is 0 Å². The van der Waals surface area contributed by atoms with Gasteiger partial charge in [-0.05, 0) is 43.2 Å². The number of hydrogen-bond acceptors (Lipinski definition) is 1. The van der Waals surface area contributed by atoms with Gasteiger partial charge in [0.25, 0.3) is 0 Å². The highest BCUT2D eigenvalue weighted by Gasteiger charge is 2.29. The highest BCUT2D eigenvalue weighted by atomic mass is 28.3. The van der Waals surface area contributed by atoms with Gasteiger partial charge in [0.2, 0.25) is 0 Å². The maximum atomic E-state index is 6.23. The molecule has 0 spiro atoms. The Hall–Kier alpha value is -1.33. The molecular weight excluding hydrogens is 312 g/mol. The standard InChI is InChI=1S/C20H28OSi2/c1-13-9-15-16-11-19(22(3,4)5)20(23(6,7)8)12-18(16)21-17(15)10-14(13)2/h9-12H,1-8H3. The van der Waals surface area contributed by atoms with Crippen LogP contribution in [0, 0.1) is 13.8 Å². The van der Waals surface area contributed by atoms with Crippen molar-refractivity contribution < 1.29 is 4.42 Å². The molecule has 0 aliphatic rings. The maximum absolute atomic E-state index is 6.23. The number of furan rings is 1. The van der Waals surface area contributed by atoms with Crippen LogP contribution in [-0.2, 0) is 0 Å². The van der Waals surface area contributed by atoms with Gasteiger partial charge in [-0.2, -0.15) is 0 Å². The molecule has 0 radical (unpaired) electrons. The van der Waals surface area contributed by atoms with E-state index in [0.717, 1.165) is 11.2 Å². The first kappa shape index (κ1) is 16.5. The first-order valence-corrected chi connectivity index (χ1v) is 15.5. The van der Waals surface area contributed by atoms with Crippen LogP contribution in [0.25, 0.3) is 21.9 Å². The molecule has 2 aromatic carbocycles. The van der Waals surface area contributed by atoms with E-state index in [4.69, 9.17) is 4.42 Å². The second-order valence-corrected chi connectivity index (χ2v) is 19.0. The van der Waals surface area contributed by atoms with Gasteiger partial charge in [0, 0.05) is 10.8 Å². The van der Waals surface area contributed by atoms with Crippen molar-refractivity contribution in [2.75, 3.05) is 0 Å². The lowest BCUT2D eigenvalue weighted by Gasteiger charge is -2.27. The third-order valence-electron chi connectivity index (χ3n) is 4.84. The summed E-state index contributed by atoms with van der Waals surface area (Å²) in [6.45, 7) is 19.0. The van der Waals surface area contributed by atoms with Crippen LogP contribution in [0.5, 0.6) is 0 Å². The van der Waals surface area contributed by atoms with Gasteiger partial charge >= 0.3 is 0 Å². The Balaban J connectivity index is 2.45. The first-order chi connectivity index (χ1) is 10.5. The topological polar surface area (TPSA) is 13.1 Å². The lowest BCUT2D eigenvalue weighted by molar-refractivity contribution is 0.669. The normalized spacial score (nSPS) is 13.2. The van der Waals surface area contributed by atoms with E-state index in [1.54, 1.807) is 10.4 Å². The molecule has 1 heterocycles.